The van der Waals surface area contributed by atoms with E-state index in [9.17, 15) is 0 Å². The molecule has 1 aromatic heterocycles. The summed E-state index contributed by atoms with van der Waals surface area (Å²) in [7, 11) is 0. The standard InChI is InChI=1S/C16H29N3S/c1-13(2)10-17-11-15-4-7-19(8-5-15)9-6-16-14(3)18-12-20-16/h12-13,15,17H,4-11H2,1-3H3. The first-order valence-electron chi connectivity index (χ1n) is 7.97. The van der Waals surface area contributed by atoms with E-state index in [2.05, 4.69) is 36.0 Å². The maximum absolute atomic E-state index is 4.33. The number of hydrogen-bond acceptors (Lipinski definition) is 4. The fraction of sp³-hybridized carbons (Fsp3) is 0.812. The topological polar surface area (TPSA) is 28.2 Å². The molecule has 1 saturated heterocycles. The van der Waals surface area contributed by atoms with Crippen LogP contribution in [0.25, 0.3) is 0 Å². The Hall–Kier alpha value is -0.450. The molecule has 0 unspecified atom stereocenters. The Balaban J connectivity index is 1.61. The molecule has 114 valence electrons. The first-order valence-corrected chi connectivity index (χ1v) is 8.85. The summed E-state index contributed by atoms with van der Waals surface area (Å²) < 4.78 is 0. The van der Waals surface area contributed by atoms with Crippen molar-refractivity contribution in [3.63, 3.8) is 0 Å². The molecular weight excluding hydrogens is 266 g/mol. The van der Waals surface area contributed by atoms with Crippen LogP contribution in [-0.2, 0) is 6.42 Å². The molecule has 0 amide bonds. The van der Waals surface area contributed by atoms with Crippen molar-refractivity contribution in [1.29, 1.82) is 0 Å². The highest BCUT2D eigenvalue weighted by atomic mass is 32.1. The molecule has 0 bridgehead atoms. The minimum atomic E-state index is 0.762. The Kier molecular flexibility index (Phi) is 6.46. The van der Waals surface area contributed by atoms with E-state index >= 15 is 0 Å². The zero-order valence-electron chi connectivity index (χ0n) is 13.2. The van der Waals surface area contributed by atoms with Gasteiger partial charge >= 0.3 is 0 Å². The number of rotatable bonds is 7. The number of nitrogens with zero attached hydrogens (tertiary/aromatic N) is 2. The van der Waals surface area contributed by atoms with Gasteiger partial charge in [0.25, 0.3) is 0 Å². The average molecular weight is 295 g/mol. The van der Waals surface area contributed by atoms with Crippen molar-refractivity contribution in [3.05, 3.63) is 16.1 Å². The van der Waals surface area contributed by atoms with Gasteiger partial charge in [-0.15, -0.1) is 11.3 Å². The van der Waals surface area contributed by atoms with Crippen LogP contribution in [0.2, 0.25) is 0 Å². The maximum Gasteiger partial charge on any atom is 0.0797 e. The Morgan fingerprint density at radius 2 is 2.15 bits per heavy atom. The highest BCUT2D eigenvalue weighted by Crippen LogP contribution is 2.18. The Morgan fingerprint density at radius 1 is 1.40 bits per heavy atom. The number of aryl methyl sites for hydroxylation is 1. The molecule has 0 aromatic carbocycles. The summed E-state index contributed by atoms with van der Waals surface area (Å²) in [6, 6.07) is 0. The highest BCUT2D eigenvalue weighted by molar-refractivity contribution is 7.09. The van der Waals surface area contributed by atoms with Crippen molar-refractivity contribution < 1.29 is 0 Å². The van der Waals surface area contributed by atoms with Crippen LogP contribution in [0.15, 0.2) is 5.51 Å². The fourth-order valence-corrected chi connectivity index (χ4v) is 3.59. The van der Waals surface area contributed by atoms with Gasteiger partial charge in [-0.2, -0.15) is 0 Å². The van der Waals surface area contributed by atoms with Crippen LogP contribution in [0, 0.1) is 18.8 Å². The van der Waals surface area contributed by atoms with Crippen LogP contribution in [0.4, 0.5) is 0 Å². The number of hydrogen-bond donors (Lipinski definition) is 1. The second kappa shape index (κ2) is 8.11. The second-order valence-corrected chi connectivity index (χ2v) is 7.39. The van der Waals surface area contributed by atoms with E-state index in [1.165, 1.54) is 56.0 Å². The third-order valence-corrected chi connectivity index (χ3v) is 5.19. The van der Waals surface area contributed by atoms with Gasteiger partial charge in [0.2, 0.25) is 0 Å². The smallest absolute Gasteiger partial charge is 0.0797 e. The third-order valence-electron chi connectivity index (χ3n) is 4.19. The molecule has 0 atom stereocenters. The van der Waals surface area contributed by atoms with Crippen LogP contribution in [0.3, 0.4) is 0 Å². The summed E-state index contributed by atoms with van der Waals surface area (Å²) in [5, 5.41) is 3.61. The van der Waals surface area contributed by atoms with E-state index in [-0.39, 0.29) is 0 Å². The molecule has 4 heteroatoms. The molecule has 0 spiro atoms. The van der Waals surface area contributed by atoms with Gasteiger partial charge < -0.3 is 10.2 Å². The third kappa shape index (κ3) is 5.15. The molecule has 1 aliphatic rings. The predicted octanol–water partition coefficient (Wildman–Crippen LogP) is 2.95. The zero-order chi connectivity index (χ0) is 14.4. The lowest BCUT2D eigenvalue weighted by Crippen LogP contribution is -2.38. The lowest BCUT2D eigenvalue weighted by molar-refractivity contribution is 0.183. The monoisotopic (exact) mass is 295 g/mol. The molecule has 2 rings (SSSR count). The van der Waals surface area contributed by atoms with E-state index in [0.717, 1.165) is 18.4 Å². The Morgan fingerprint density at radius 3 is 2.75 bits per heavy atom. The van der Waals surface area contributed by atoms with Crippen molar-refractivity contribution in [2.24, 2.45) is 11.8 Å². The van der Waals surface area contributed by atoms with E-state index < -0.39 is 0 Å². The normalized spacial score (nSPS) is 18.0. The van der Waals surface area contributed by atoms with Crippen LogP contribution in [0.1, 0.15) is 37.3 Å². The van der Waals surface area contributed by atoms with E-state index in [4.69, 9.17) is 0 Å². The molecule has 0 radical (unpaired) electrons. The molecule has 3 nitrogen and oxygen atoms in total. The first kappa shape index (κ1) is 15.9. The van der Waals surface area contributed by atoms with E-state index in [1.807, 2.05) is 5.51 Å². The maximum atomic E-state index is 4.33. The van der Waals surface area contributed by atoms with Crippen LogP contribution in [0.5, 0.6) is 0 Å². The van der Waals surface area contributed by atoms with E-state index in [0.29, 0.717) is 0 Å². The highest BCUT2D eigenvalue weighted by Gasteiger charge is 2.19. The summed E-state index contributed by atoms with van der Waals surface area (Å²) in [5.41, 5.74) is 3.19. The number of piperidine rings is 1. The van der Waals surface area contributed by atoms with Gasteiger partial charge in [0.15, 0.2) is 0 Å². The van der Waals surface area contributed by atoms with Crippen LogP contribution >= 0.6 is 11.3 Å². The largest absolute Gasteiger partial charge is 0.316 e. The van der Waals surface area contributed by atoms with Crippen LogP contribution < -0.4 is 5.32 Å². The molecule has 0 saturated carbocycles. The molecule has 0 aliphatic carbocycles. The predicted molar refractivity (Wildman–Crippen MR) is 87.4 cm³/mol. The van der Waals surface area contributed by atoms with Crippen LogP contribution in [-0.4, -0.2) is 42.6 Å². The minimum Gasteiger partial charge on any atom is -0.316 e. The zero-order valence-corrected chi connectivity index (χ0v) is 14.0. The summed E-state index contributed by atoms with van der Waals surface area (Å²) >= 11 is 1.80. The van der Waals surface area contributed by atoms with Gasteiger partial charge in [0.05, 0.1) is 11.2 Å². The Bertz CT molecular complexity index is 381. The van der Waals surface area contributed by atoms with Crippen molar-refractivity contribution >= 4 is 11.3 Å². The minimum absolute atomic E-state index is 0.762. The number of aromatic nitrogens is 1. The molecule has 20 heavy (non-hydrogen) atoms. The quantitative estimate of drug-likeness (QED) is 0.838. The lowest BCUT2D eigenvalue weighted by atomic mass is 9.96. The molecule has 1 aromatic rings. The lowest BCUT2D eigenvalue weighted by Gasteiger charge is -2.32. The summed E-state index contributed by atoms with van der Waals surface area (Å²) in [5.74, 6) is 1.65. The average Bonchev–Trinajstić information content (AvgIpc) is 2.83. The number of nitrogens with one attached hydrogen (secondary N) is 1. The van der Waals surface area contributed by atoms with E-state index in [1.54, 1.807) is 11.3 Å². The van der Waals surface area contributed by atoms with Gasteiger partial charge in [-0.25, -0.2) is 4.98 Å². The SMILES string of the molecule is Cc1ncsc1CCN1CCC(CNCC(C)C)CC1. The fourth-order valence-electron chi connectivity index (χ4n) is 2.82. The van der Waals surface area contributed by atoms with Gasteiger partial charge in [0.1, 0.15) is 0 Å². The number of likely N-dealkylation sites (tertiary alicyclic amines) is 1. The second-order valence-electron chi connectivity index (χ2n) is 6.45. The number of thiazole rings is 1. The molecular formula is C16H29N3S. The van der Waals surface area contributed by atoms with Gasteiger partial charge in [0, 0.05) is 11.4 Å². The van der Waals surface area contributed by atoms with Crippen molar-refractivity contribution in [2.75, 3.05) is 32.7 Å². The molecule has 1 fully saturated rings. The first-order chi connectivity index (χ1) is 9.65. The Labute approximate surface area is 127 Å². The van der Waals surface area contributed by atoms with Crippen molar-refractivity contribution in [1.82, 2.24) is 15.2 Å². The van der Waals surface area contributed by atoms with Crippen molar-refractivity contribution in [2.45, 2.75) is 40.0 Å². The van der Waals surface area contributed by atoms with Gasteiger partial charge in [-0.1, -0.05) is 13.8 Å². The summed E-state index contributed by atoms with van der Waals surface area (Å²) in [4.78, 5) is 8.42. The molecule has 1 aliphatic heterocycles. The van der Waals surface area contributed by atoms with Gasteiger partial charge in [-0.3, -0.25) is 0 Å². The molecule has 2 heterocycles. The molecule has 1 N–H and O–H groups in total. The van der Waals surface area contributed by atoms with Crippen molar-refractivity contribution in [3.8, 4) is 0 Å². The summed E-state index contributed by atoms with van der Waals surface area (Å²) in [6.45, 7) is 12.8. The van der Waals surface area contributed by atoms with Gasteiger partial charge in [-0.05, 0) is 64.2 Å². The summed E-state index contributed by atoms with van der Waals surface area (Å²) in [6.07, 6.45) is 3.88.